The van der Waals surface area contributed by atoms with Crippen molar-refractivity contribution >= 4 is 44.8 Å². The zero-order valence-electron chi connectivity index (χ0n) is 8.83. The third-order valence-corrected chi connectivity index (χ3v) is 3.26. The largest absolute Gasteiger partial charge is 0.381 e. The van der Waals surface area contributed by atoms with E-state index in [-0.39, 0.29) is 0 Å². The Morgan fingerprint density at radius 2 is 2.00 bits per heavy atom. The van der Waals surface area contributed by atoms with E-state index < -0.39 is 0 Å². The summed E-state index contributed by atoms with van der Waals surface area (Å²) in [6.07, 6.45) is 3.66. The highest BCUT2D eigenvalue weighted by atomic mass is 79.9. The van der Waals surface area contributed by atoms with Crippen molar-refractivity contribution in [2.24, 2.45) is 0 Å². The molecule has 0 fully saturated rings. The third-order valence-electron chi connectivity index (χ3n) is 2.21. The first-order chi connectivity index (χ1) is 8.16. The number of benzene rings is 1. The molecule has 0 saturated carbocycles. The molecule has 17 heavy (non-hydrogen) atoms. The van der Waals surface area contributed by atoms with Crippen LogP contribution in [-0.4, -0.2) is 16.3 Å². The summed E-state index contributed by atoms with van der Waals surface area (Å²) in [7, 11) is 0. The Labute approximate surface area is 118 Å². The summed E-state index contributed by atoms with van der Waals surface area (Å²) in [5.74, 6) is 0. The molecule has 0 aliphatic carbocycles. The summed E-state index contributed by atoms with van der Waals surface area (Å²) < 4.78 is 2.71. The molecule has 1 aromatic heterocycles. The molecule has 1 N–H and O–H groups in total. The number of hydrogen-bond acceptors (Lipinski definition) is 2. The molecule has 0 bridgehead atoms. The molecular weight excluding hydrogens is 325 g/mol. The lowest BCUT2D eigenvalue weighted by atomic mass is 10.3. The molecule has 90 valence electrons. The molecule has 1 heterocycles. The highest BCUT2D eigenvalue weighted by Crippen LogP contribution is 2.33. The van der Waals surface area contributed by atoms with Crippen molar-refractivity contribution in [1.82, 2.24) is 9.78 Å². The second kappa shape index (κ2) is 5.76. The molecule has 0 saturated heterocycles. The molecule has 0 spiro atoms. The highest BCUT2D eigenvalue weighted by Gasteiger charge is 2.06. The van der Waals surface area contributed by atoms with Crippen molar-refractivity contribution in [2.45, 2.75) is 6.54 Å². The monoisotopic (exact) mass is 333 g/mol. The summed E-state index contributed by atoms with van der Waals surface area (Å²) in [5.41, 5.74) is 0.753. The molecule has 6 heteroatoms. The Bertz CT molecular complexity index is 476. The molecule has 0 aliphatic heterocycles. The van der Waals surface area contributed by atoms with Crippen molar-refractivity contribution in [3.05, 3.63) is 45.1 Å². The highest BCUT2D eigenvalue weighted by molar-refractivity contribution is 9.10. The number of aromatic nitrogens is 2. The second-order valence-electron chi connectivity index (χ2n) is 3.44. The molecule has 1 aromatic carbocycles. The molecule has 2 aromatic rings. The minimum Gasteiger partial charge on any atom is -0.381 e. The van der Waals surface area contributed by atoms with E-state index in [2.05, 4.69) is 26.3 Å². The molecule has 0 unspecified atom stereocenters. The van der Waals surface area contributed by atoms with Crippen LogP contribution in [0.25, 0.3) is 0 Å². The average molecular weight is 335 g/mol. The molecular formula is C11H10BrCl2N3. The van der Waals surface area contributed by atoms with E-state index in [9.17, 15) is 0 Å². The van der Waals surface area contributed by atoms with Gasteiger partial charge in [0.05, 0.1) is 22.3 Å². The van der Waals surface area contributed by atoms with Gasteiger partial charge in [-0.1, -0.05) is 39.1 Å². The molecule has 0 atom stereocenters. The van der Waals surface area contributed by atoms with Gasteiger partial charge in [-0.2, -0.15) is 5.10 Å². The van der Waals surface area contributed by atoms with Gasteiger partial charge in [-0.25, -0.2) is 0 Å². The van der Waals surface area contributed by atoms with Gasteiger partial charge in [0.2, 0.25) is 0 Å². The lowest BCUT2D eigenvalue weighted by molar-refractivity contribution is 0.638. The van der Waals surface area contributed by atoms with Gasteiger partial charge in [-0.05, 0) is 18.2 Å². The van der Waals surface area contributed by atoms with Crippen molar-refractivity contribution < 1.29 is 0 Å². The van der Waals surface area contributed by atoms with E-state index in [4.69, 9.17) is 23.2 Å². The average Bonchev–Trinajstić information content (AvgIpc) is 2.74. The van der Waals surface area contributed by atoms with Crippen LogP contribution in [0, 0.1) is 0 Å². The Morgan fingerprint density at radius 3 is 2.59 bits per heavy atom. The van der Waals surface area contributed by atoms with Crippen LogP contribution in [0.15, 0.2) is 35.1 Å². The van der Waals surface area contributed by atoms with E-state index in [1.54, 1.807) is 6.20 Å². The van der Waals surface area contributed by atoms with Crippen LogP contribution >= 0.6 is 39.1 Å². The number of nitrogens with zero attached hydrogens (tertiary/aromatic N) is 2. The van der Waals surface area contributed by atoms with Crippen LogP contribution in [0.5, 0.6) is 0 Å². The number of halogens is 3. The van der Waals surface area contributed by atoms with Crippen molar-refractivity contribution in [2.75, 3.05) is 11.9 Å². The fourth-order valence-electron chi connectivity index (χ4n) is 1.44. The van der Waals surface area contributed by atoms with Gasteiger partial charge in [0.25, 0.3) is 0 Å². The predicted molar refractivity (Wildman–Crippen MR) is 74.9 cm³/mol. The van der Waals surface area contributed by atoms with Gasteiger partial charge in [0.1, 0.15) is 0 Å². The summed E-state index contributed by atoms with van der Waals surface area (Å²) in [6.45, 7) is 1.47. The van der Waals surface area contributed by atoms with E-state index >= 15 is 0 Å². The van der Waals surface area contributed by atoms with Crippen LogP contribution in [0.2, 0.25) is 10.0 Å². The fraction of sp³-hybridized carbons (Fsp3) is 0.182. The number of rotatable bonds is 4. The van der Waals surface area contributed by atoms with Gasteiger partial charge < -0.3 is 5.32 Å². The van der Waals surface area contributed by atoms with Gasteiger partial charge in [0.15, 0.2) is 0 Å². The quantitative estimate of drug-likeness (QED) is 0.913. The first-order valence-corrected chi connectivity index (χ1v) is 6.57. The van der Waals surface area contributed by atoms with Crippen LogP contribution in [0.1, 0.15) is 0 Å². The summed E-state index contributed by atoms with van der Waals surface area (Å²) >= 11 is 15.5. The van der Waals surface area contributed by atoms with Crippen LogP contribution in [0.4, 0.5) is 5.69 Å². The summed E-state index contributed by atoms with van der Waals surface area (Å²) in [4.78, 5) is 0. The van der Waals surface area contributed by atoms with Gasteiger partial charge in [0, 0.05) is 23.4 Å². The van der Waals surface area contributed by atoms with Crippen molar-refractivity contribution in [3.63, 3.8) is 0 Å². The first-order valence-electron chi connectivity index (χ1n) is 5.02. The Hall–Kier alpha value is -0.710. The summed E-state index contributed by atoms with van der Waals surface area (Å²) in [6, 6.07) is 5.51. The number of anilines is 1. The first kappa shape index (κ1) is 12.7. The minimum atomic E-state index is 0.602. The molecule has 2 rings (SSSR count). The maximum atomic E-state index is 6.10. The predicted octanol–water partition coefficient (Wildman–Crippen LogP) is 4.06. The number of hydrogen-bond donors (Lipinski definition) is 1. The fourth-order valence-corrected chi connectivity index (χ4v) is 2.78. The lowest BCUT2D eigenvalue weighted by Gasteiger charge is -2.11. The molecule has 0 aliphatic rings. The maximum absolute atomic E-state index is 6.10. The number of nitrogens with one attached hydrogen (secondary N) is 1. The maximum Gasteiger partial charge on any atom is 0.0720 e. The zero-order chi connectivity index (χ0) is 12.3. The Morgan fingerprint density at radius 1 is 1.29 bits per heavy atom. The normalized spacial score (nSPS) is 10.5. The SMILES string of the molecule is Clc1cc(Br)cc(Cl)c1NCCn1cccn1. The van der Waals surface area contributed by atoms with Gasteiger partial charge in [-0.15, -0.1) is 0 Å². The summed E-state index contributed by atoms with van der Waals surface area (Å²) in [5, 5.41) is 8.51. The second-order valence-corrected chi connectivity index (χ2v) is 5.17. The van der Waals surface area contributed by atoms with Crippen molar-refractivity contribution in [3.8, 4) is 0 Å². The van der Waals surface area contributed by atoms with E-state index in [1.807, 2.05) is 29.1 Å². The van der Waals surface area contributed by atoms with Crippen LogP contribution in [0.3, 0.4) is 0 Å². The Balaban J connectivity index is 1.99. The molecule has 0 amide bonds. The van der Waals surface area contributed by atoms with Gasteiger partial charge in [-0.3, -0.25) is 4.68 Å². The topological polar surface area (TPSA) is 29.9 Å². The van der Waals surface area contributed by atoms with Crippen LogP contribution < -0.4 is 5.32 Å². The van der Waals surface area contributed by atoms with Crippen molar-refractivity contribution in [1.29, 1.82) is 0 Å². The van der Waals surface area contributed by atoms with Gasteiger partial charge >= 0.3 is 0 Å². The zero-order valence-corrected chi connectivity index (χ0v) is 11.9. The molecule has 3 nitrogen and oxygen atoms in total. The van der Waals surface area contributed by atoms with Crippen LogP contribution in [-0.2, 0) is 6.54 Å². The minimum absolute atomic E-state index is 0.602. The standard InChI is InChI=1S/C11H10BrCl2N3/c12-8-6-9(13)11(10(14)7-8)15-3-5-17-4-1-2-16-17/h1-2,4,6-7,15H,3,5H2. The third kappa shape index (κ3) is 3.37. The molecule has 0 radical (unpaired) electrons. The Kier molecular flexibility index (Phi) is 4.31. The van der Waals surface area contributed by atoms with E-state index in [1.165, 1.54) is 0 Å². The van der Waals surface area contributed by atoms with E-state index in [0.717, 1.165) is 16.7 Å². The lowest BCUT2D eigenvalue weighted by Crippen LogP contribution is -2.11. The smallest absolute Gasteiger partial charge is 0.0720 e. The van der Waals surface area contributed by atoms with E-state index in [0.29, 0.717) is 16.6 Å².